The van der Waals surface area contributed by atoms with E-state index in [1.165, 1.54) is 0 Å². The van der Waals surface area contributed by atoms with Gasteiger partial charge in [-0.3, -0.25) is 0 Å². The summed E-state index contributed by atoms with van der Waals surface area (Å²) >= 11 is 4.76. The average Bonchev–Trinajstić information content (AvgIpc) is 2.18. The summed E-state index contributed by atoms with van der Waals surface area (Å²) in [4.78, 5) is 0.372. The van der Waals surface area contributed by atoms with Crippen molar-refractivity contribution in [2.75, 3.05) is 6.61 Å². The maximum Gasteiger partial charge on any atom is 0.178 e. The Kier molecular flexibility index (Phi) is 4.38. The molecule has 1 aliphatic heterocycles. The third-order valence-electron chi connectivity index (χ3n) is 2.27. The third-order valence-corrected chi connectivity index (χ3v) is 2.39. The zero-order chi connectivity index (χ0) is 11.6. The van der Waals surface area contributed by atoms with Gasteiger partial charge in [-0.05, 0) is 6.92 Å². The number of hydrogen-bond donors (Lipinski definition) is 5. The molecule has 0 unspecified atom stereocenters. The van der Waals surface area contributed by atoms with Gasteiger partial charge in [-0.2, -0.15) is 0 Å². The van der Waals surface area contributed by atoms with Crippen molar-refractivity contribution in [2.45, 2.75) is 37.6 Å². The molecule has 88 valence electrons. The van der Waals surface area contributed by atoms with Gasteiger partial charge in [-0.1, -0.05) is 12.2 Å². The molecular weight excluding hydrogens is 222 g/mol. The summed E-state index contributed by atoms with van der Waals surface area (Å²) in [6, 6.07) is -0.889. The Hall–Kier alpha value is -0.310. The molecule has 0 bridgehead atoms. The van der Waals surface area contributed by atoms with Crippen LogP contribution in [0.4, 0.5) is 0 Å². The lowest BCUT2D eigenvalue weighted by molar-refractivity contribution is -0.251. The summed E-state index contributed by atoms with van der Waals surface area (Å²) in [5, 5.41) is 40.1. The van der Waals surface area contributed by atoms with Crippen molar-refractivity contribution in [2.24, 2.45) is 0 Å². The summed E-state index contributed by atoms with van der Waals surface area (Å²) in [6.07, 6.45) is -4.81. The van der Waals surface area contributed by atoms with Gasteiger partial charge < -0.3 is 30.5 Å². The second-order valence-corrected chi connectivity index (χ2v) is 4.07. The first-order valence-corrected chi connectivity index (χ1v) is 4.95. The van der Waals surface area contributed by atoms with E-state index in [0.29, 0.717) is 4.99 Å². The predicted octanol–water partition coefficient (Wildman–Crippen LogP) is -2.28. The summed E-state index contributed by atoms with van der Waals surface area (Å²) in [5.41, 5.74) is 0. The van der Waals surface area contributed by atoms with Gasteiger partial charge >= 0.3 is 0 Å². The molecule has 5 N–H and O–H groups in total. The Labute approximate surface area is 92.5 Å². The van der Waals surface area contributed by atoms with Crippen molar-refractivity contribution in [1.29, 1.82) is 0 Å². The number of nitrogens with one attached hydrogen (secondary N) is 1. The number of thiocarbonyl (C=S) groups is 1. The molecule has 1 heterocycles. The summed E-state index contributed by atoms with van der Waals surface area (Å²) in [7, 11) is 0. The van der Waals surface area contributed by atoms with E-state index in [-0.39, 0.29) is 0 Å². The van der Waals surface area contributed by atoms with Gasteiger partial charge in [0.1, 0.15) is 24.4 Å². The maximum absolute atomic E-state index is 9.64. The van der Waals surface area contributed by atoms with Gasteiger partial charge in [0.15, 0.2) is 6.29 Å². The first-order chi connectivity index (χ1) is 6.97. The molecule has 0 aliphatic carbocycles. The Morgan fingerprint density at radius 3 is 2.40 bits per heavy atom. The van der Waals surface area contributed by atoms with E-state index in [1.807, 2.05) is 0 Å². The van der Waals surface area contributed by atoms with Gasteiger partial charge in [-0.25, -0.2) is 0 Å². The van der Waals surface area contributed by atoms with Crippen LogP contribution in [0.25, 0.3) is 0 Å². The highest BCUT2D eigenvalue weighted by Gasteiger charge is 2.43. The van der Waals surface area contributed by atoms with Gasteiger partial charge in [0, 0.05) is 0 Å². The summed E-state index contributed by atoms with van der Waals surface area (Å²) < 4.78 is 4.91. The van der Waals surface area contributed by atoms with Gasteiger partial charge in [-0.15, -0.1) is 0 Å². The Morgan fingerprint density at radius 2 is 1.93 bits per heavy atom. The number of hydrogen-bond acceptors (Lipinski definition) is 6. The minimum atomic E-state index is -1.32. The van der Waals surface area contributed by atoms with E-state index < -0.39 is 37.3 Å². The zero-order valence-electron chi connectivity index (χ0n) is 8.20. The van der Waals surface area contributed by atoms with Crippen LogP contribution in [-0.2, 0) is 4.74 Å². The summed E-state index contributed by atoms with van der Waals surface area (Å²) in [5.74, 6) is 0. The van der Waals surface area contributed by atoms with Gasteiger partial charge in [0.2, 0.25) is 0 Å². The van der Waals surface area contributed by atoms with E-state index in [4.69, 9.17) is 22.1 Å². The first kappa shape index (κ1) is 12.8. The second-order valence-electron chi connectivity index (χ2n) is 3.46. The van der Waals surface area contributed by atoms with Gasteiger partial charge in [0.05, 0.1) is 11.6 Å². The van der Waals surface area contributed by atoms with Gasteiger partial charge in [0.25, 0.3) is 0 Å². The lowest BCUT2D eigenvalue weighted by Crippen LogP contribution is -2.63. The quantitative estimate of drug-likeness (QED) is 0.345. The summed E-state index contributed by atoms with van der Waals surface area (Å²) in [6.45, 7) is 1.11. The first-order valence-electron chi connectivity index (χ1n) is 4.55. The number of aliphatic hydroxyl groups is 4. The smallest absolute Gasteiger partial charge is 0.178 e. The molecular formula is C8H15NO5S. The van der Waals surface area contributed by atoms with Crippen LogP contribution in [0.5, 0.6) is 0 Å². The molecule has 0 radical (unpaired) electrons. The maximum atomic E-state index is 9.64. The minimum absolute atomic E-state index is 0.372. The van der Waals surface area contributed by atoms with Crippen LogP contribution < -0.4 is 5.32 Å². The number of rotatable bonds is 2. The highest BCUT2D eigenvalue weighted by Crippen LogP contribution is 2.19. The van der Waals surface area contributed by atoms with Crippen LogP contribution in [0.2, 0.25) is 0 Å². The Balaban J connectivity index is 2.70. The topological polar surface area (TPSA) is 102 Å². The largest absolute Gasteiger partial charge is 0.394 e. The van der Waals surface area contributed by atoms with E-state index in [2.05, 4.69) is 5.32 Å². The van der Waals surface area contributed by atoms with Crippen LogP contribution >= 0.6 is 12.2 Å². The van der Waals surface area contributed by atoms with Crippen molar-refractivity contribution < 1.29 is 25.2 Å². The predicted molar refractivity (Wildman–Crippen MR) is 55.2 cm³/mol. The molecule has 6 nitrogen and oxygen atoms in total. The normalized spacial score (nSPS) is 41.3. The molecule has 15 heavy (non-hydrogen) atoms. The Morgan fingerprint density at radius 1 is 1.33 bits per heavy atom. The van der Waals surface area contributed by atoms with E-state index >= 15 is 0 Å². The molecule has 1 saturated heterocycles. The van der Waals surface area contributed by atoms with Crippen molar-refractivity contribution in [3.63, 3.8) is 0 Å². The molecule has 5 atom stereocenters. The monoisotopic (exact) mass is 237 g/mol. The average molecular weight is 237 g/mol. The molecule has 1 rings (SSSR count). The third kappa shape index (κ3) is 2.83. The molecule has 1 aliphatic rings. The highest BCUT2D eigenvalue weighted by atomic mass is 32.1. The van der Waals surface area contributed by atoms with Crippen molar-refractivity contribution in [3.8, 4) is 0 Å². The minimum Gasteiger partial charge on any atom is -0.394 e. The zero-order valence-corrected chi connectivity index (χ0v) is 9.02. The molecule has 1 fully saturated rings. The fourth-order valence-corrected chi connectivity index (χ4v) is 1.62. The number of aliphatic hydroxyl groups excluding tert-OH is 4. The molecule has 7 heteroatoms. The van der Waals surface area contributed by atoms with E-state index in [9.17, 15) is 15.3 Å². The van der Waals surface area contributed by atoms with Crippen LogP contribution in [0, 0.1) is 0 Å². The van der Waals surface area contributed by atoms with E-state index in [0.717, 1.165) is 0 Å². The SMILES string of the molecule is CC(=S)N[C@@H]1[C@@H](O)[C@H](O)[C@@H](CO)O[C@H]1O. The van der Waals surface area contributed by atoms with Crippen LogP contribution in [0.1, 0.15) is 6.92 Å². The Bertz CT molecular complexity index is 239. The van der Waals surface area contributed by atoms with Crippen LogP contribution in [0.3, 0.4) is 0 Å². The van der Waals surface area contributed by atoms with E-state index in [1.54, 1.807) is 6.92 Å². The van der Waals surface area contributed by atoms with Crippen LogP contribution in [0.15, 0.2) is 0 Å². The standard InChI is InChI=1S/C8H15NO5S/c1-3(15)9-5-7(12)6(11)4(2-10)14-8(5)13/h4-8,10-13H,2H2,1H3,(H,9,15)/t4-,5-,6-,7-,8-/m1/s1. The molecule has 0 aromatic rings. The highest BCUT2D eigenvalue weighted by molar-refractivity contribution is 7.80. The molecule has 0 aromatic heterocycles. The fraction of sp³-hybridized carbons (Fsp3) is 0.875. The fourth-order valence-electron chi connectivity index (χ4n) is 1.49. The lowest BCUT2D eigenvalue weighted by Gasteiger charge is -2.40. The van der Waals surface area contributed by atoms with Crippen molar-refractivity contribution >= 4 is 17.2 Å². The number of ether oxygens (including phenoxy) is 1. The van der Waals surface area contributed by atoms with Crippen molar-refractivity contribution in [3.05, 3.63) is 0 Å². The molecule has 0 saturated carbocycles. The second kappa shape index (κ2) is 5.15. The van der Waals surface area contributed by atoms with Crippen LogP contribution in [-0.4, -0.2) is 62.7 Å². The molecule has 0 spiro atoms. The molecule has 0 amide bonds. The lowest BCUT2D eigenvalue weighted by atomic mass is 9.97. The molecule has 0 aromatic carbocycles. The van der Waals surface area contributed by atoms with Crippen molar-refractivity contribution in [1.82, 2.24) is 5.32 Å².